The Bertz CT molecular complexity index is 839. The van der Waals surface area contributed by atoms with Crippen molar-refractivity contribution in [3.05, 3.63) is 41.9 Å². The molecule has 1 aromatic heterocycles. The first kappa shape index (κ1) is 15.1. The van der Waals surface area contributed by atoms with Gasteiger partial charge in [-0.2, -0.15) is 0 Å². The number of hydrogen-bond acceptors (Lipinski definition) is 3. The molecule has 5 heteroatoms. The minimum absolute atomic E-state index is 0.253. The van der Waals surface area contributed by atoms with Crippen molar-refractivity contribution in [2.24, 2.45) is 5.92 Å². The summed E-state index contributed by atoms with van der Waals surface area (Å²) < 4.78 is 8.52. The normalized spacial score (nSPS) is 25.4. The van der Waals surface area contributed by atoms with Crippen LogP contribution in [0.2, 0.25) is 0 Å². The van der Waals surface area contributed by atoms with Crippen LogP contribution < -0.4 is 0 Å². The van der Waals surface area contributed by atoms with Gasteiger partial charge in [-0.1, -0.05) is 23.8 Å². The number of imidazole rings is 1. The smallest absolute Gasteiger partial charge is 0.225 e. The second-order valence-corrected chi connectivity index (χ2v) is 7.77. The van der Waals surface area contributed by atoms with E-state index >= 15 is 0 Å². The number of aryl methyl sites for hydroxylation is 1. The predicted molar refractivity (Wildman–Crippen MR) is 93.8 cm³/mol. The van der Waals surface area contributed by atoms with Crippen molar-refractivity contribution in [1.29, 1.82) is 0 Å². The van der Waals surface area contributed by atoms with E-state index in [1.807, 2.05) is 11.1 Å². The van der Waals surface area contributed by atoms with Crippen LogP contribution in [0, 0.1) is 12.8 Å². The van der Waals surface area contributed by atoms with Crippen LogP contribution in [-0.4, -0.2) is 39.0 Å². The fraction of sp³-hybridized carbons (Fsp3) is 0.500. The third kappa shape index (κ3) is 2.58. The molecule has 1 saturated carbocycles. The zero-order chi connectivity index (χ0) is 17.0. The molecule has 130 valence electrons. The molecule has 5 rings (SSSR count). The molecule has 1 spiro atoms. The molecule has 25 heavy (non-hydrogen) atoms. The van der Waals surface area contributed by atoms with Crippen molar-refractivity contribution in [3.8, 4) is 11.3 Å². The van der Waals surface area contributed by atoms with E-state index in [0.29, 0.717) is 19.1 Å². The average molecular weight is 337 g/mol. The summed E-state index contributed by atoms with van der Waals surface area (Å²) >= 11 is 0. The summed E-state index contributed by atoms with van der Waals surface area (Å²) in [4.78, 5) is 19.0. The number of rotatable bonds is 2. The van der Waals surface area contributed by atoms with Gasteiger partial charge in [-0.3, -0.25) is 4.79 Å². The lowest BCUT2D eigenvalue weighted by atomic mass is 10.0. The number of benzene rings is 1. The molecule has 1 amide bonds. The summed E-state index contributed by atoms with van der Waals surface area (Å²) in [5.41, 5.74) is 3.33. The van der Waals surface area contributed by atoms with Crippen LogP contribution in [0.15, 0.2) is 30.5 Å². The molecule has 1 aliphatic carbocycles. The molecule has 1 saturated heterocycles. The number of carbonyl (C=O) groups is 1. The summed E-state index contributed by atoms with van der Waals surface area (Å²) in [5.74, 6) is 1.59. The van der Waals surface area contributed by atoms with Crippen molar-refractivity contribution >= 4 is 5.91 Å². The number of nitrogens with zero attached hydrogens (tertiary/aromatic N) is 3. The Morgan fingerprint density at radius 2 is 2.20 bits per heavy atom. The van der Waals surface area contributed by atoms with Gasteiger partial charge in [0.25, 0.3) is 0 Å². The Labute approximate surface area is 147 Å². The largest absolute Gasteiger partial charge is 0.363 e. The van der Waals surface area contributed by atoms with E-state index in [4.69, 9.17) is 4.74 Å². The number of likely N-dealkylation sites (tertiary alicyclic amines) is 1. The molecule has 2 fully saturated rings. The highest BCUT2D eigenvalue weighted by atomic mass is 16.5. The zero-order valence-corrected chi connectivity index (χ0v) is 14.6. The molecule has 0 unspecified atom stereocenters. The highest BCUT2D eigenvalue weighted by Gasteiger charge is 2.46. The summed E-state index contributed by atoms with van der Waals surface area (Å²) in [6.45, 7) is 4.95. The molecule has 0 N–H and O–H groups in total. The Hall–Kier alpha value is -2.14. The number of carbonyl (C=O) groups excluding carboxylic acids is 1. The van der Waals surface area contributed by atoms with E-state index < -0.39 is 0 Å². The van der Waals surface area contributed by atoms with E-state index in [0.717, 1.165) is 43.9 Å². The molecule has 2 aromatic rings. The SMILES string of the molecule is Cc1cccc(-c2cnc3n2C[C@@]2(CCN(C(=O)C4CC4)C2)OC3)c1. The predicted octanol–water partition coefficient (Wildman–Crippen LogP) is 2.77. The number of ether oxygens (including phenoxy) is 1. The molecular weight excluding hydrogens is 314 g/mol. The molecule has 0 radical (unpaired) electrons. The number of aromatic nitrogens is 2. The molecule has 1 atom stereocenters. The van der Waals surface area contributed by atoms with Crippen LogP contribution in [-0.2, 0) is 22.7 Å². The molecule has 5 nitrogen and oxygen atoms in total. The van der Waals surface area contributed by atoms with Gasteiger partial charge < -0.3 is 14.2 Å². The van der Waals surface area contributed by atoms with Gasteiger partial charge in [0.2, 0.25) is 5.91 Å². The third-order valence-corrected chi connectivity index (χ3v) is 5.76. The number of hydrogen-bond donors (Lipinski definition) is 0. The topological polar surface area (TPSA) is 47.4 Å². The van der Waals surface area contributed by atoms with Crippen molar-refractivity contribution < 1.29 is 9.53 Å². The van der Waals surface area contributed by atoms with E-state index in [2.05, 4.69) is 40.7 Å². The average Bonchev–Trinajstić information content (AvgIpc) is 3.26. The second-order valence-electron chi connectivity index (χ2n) is 7.77. The molecular formula is C20H23N3O2. The monoisotopic (exact) mass is 337 g/mol. The summed E-state index contributed by atoms with van der Waals surface area (Å²) in [6, 6.07) is 8.53. The molecule has 0 bridgehead atoms. The van der Waals surface area contributed by atoms with Gasteiger partial charge in [-0.25, -0.2) is 4.98 Å². The van der Waals surface area contributed by atoms with Gasteiger partial charge in [0, 0.05) is 18.0 Å². The van der Waals surface area contributed by atoms with Crippen molar-refractivity contribution in [1.82, 2.24) is 14.5 Å². The van der Waals surface area contributed by atoms with Crippen LogP contribution in [0.5, 0.6) is 0 Å². The maximum absolute atomic E-state index is 12.4. The van der Waals surface area contributed by atoms with Crippen LogP contribution in [0.25, 0.3) is 11.3 Å². The first-order valence-electron chi connectivity index (χ1n) is 9.18. The second kappa shape index (κ2) is 5.43. The molecule has 2 aliphatic heterocycles. The van der Waals surface area contributed by atoms with Crippen molar-refractivity contribution in [2.75, 3.05) is 13.1 Å². The van der Waals surface area contributed by atoms with Gasteiger partial charge >= 0.3 is 0 Å². The van der Waals surface area contributed by atoms with Gasteiger partial charge in [-0.15, -0.1) is 0 Å². The Balaban J connectivity index is 1.43. The van der Waals surface area contributed by atoms with Crippen LogP contribution in [0.3, 0.4) is 0 Å². The minimum atomic E-state index is -0.253. The van der Waals surface area contributed by atoms with E-state index in [1.165, 1.54) is 11.1 Å². The van der Waals surface area contributed by atoms with E-state index in [9.17, 15) is 4.79 Å². The first-order chi connectivity index (χ1) is 12.1. The zero-order valence-electron chi connectivity index (χ0n) is 14.6. The van der Waals surface area contributed by atoms with Crippen LogP contribution in [0.1, 0.15) is 30.7 Å². The number of fused-ring (bicyclic) bond motifs is 1. The van der Waals surface area contributed by atoms with Crippen LogP contribution >= 0.6 is 0 Å². The van der Waals surface area contributed by atoms with Crippen molar-refractivity contribution in [2.45, 2.75) is 44.9 Å². The van der Waals surface area contributed by atoms with Gasteiger partial charge in [0.05, 0.1) is 25.0 Å². The van der Waals surface area contributed by atoms with Crippen molar-refractivity contribution in [3.63, 3.8) is 0 Å². The minimum Gasteiger partial charge on any atom is -0.363 e. The van der Waals surface area contributed by atoms with E-state index in [-0.39, 0.29) is 11.5 Å². The summed E-state index contributed by atoms with van der Waals surface area (Å²) in [7, 11) is 0. The lowest BCUT2D eigenvalue weighted by Crippen LogP contribution is -2.45. The third-order valence-electron chi connectivity index (χ3n) is 5.76. The first-order valence-corrected chi connectivity index (χ1v) is 9.18. The molecule has 1 aromatic carbocycles. The standard InChI is InChI=1S/C20H23N3O2/c1-14-3-2-4-16(9-14)17-10-21-18-11-25-20(13-23(17)18)7-8-22(12-20)19(24)15-5-6-15/h2-4,9-10,15H,5-8,11-13H2,1H3/t20-/m0/s1. The summed E-state index contributed by atoms with van der Waals surface area (Å²) in [6.07, 6.45) is 4.99. The van der Waals surface area contributed by atoms with E-state index in [1.54, 1.807) is 0 Å². The quantitative estimate of drug-likeness (QED) is 0.847. The highest BCUT2D eigenvalue weighted by Crippen LogP contribution is 2.38. The Morgan fingerprint density at radius 1 is 1.32 bits per heavy atom. The lowest BCUT2D eigenvalue weighted by Gasteiger charge is -2.35. The Kier molecular flexibility index (Phi) is 3.29. The fourth-order valence-corrected chi connectivity index (χ4v) is 4.16. The fourth-order valence-electron chi connectivity index (χ4n) is 4.16. The summed E-state index contributed by atoms with van der Waals surface area (Å²) in [5, 5.41) is 0. The number of amides is 1. The van der Waals surface area contributed by atoms with Crippen LogP contribution in [0.4, 0.5) is 0 Å². The Morgan fingerprint density at radius 3 is 3.00 bits per heavy atom. The molecule has 3 heterocycles. The maximum Gasteiger partial charge on any atom is 0.225 e. The van der Waals surface area contributed by atoms with Gasteiger partial charge in [-0.05, 0) is 32.3 Å². The molecule has 3 aliphatic rings. The maximum atomic E-state index is 12.4. The lowest BCUT2D eigenvalue weighted by molar-refractivity contribution is -0.134. The van der Waals surface area contributed by atoms with Gasteiger partial charge in [0.15, 0.2) is 0 Å². The highest BCUT2D eigenvalue weighted by molar-refractivity contribution is 5.81. The van der Waals surface area contributed by atoms with Gasteiger partial charge in [0.1, 0.15) is 18.0 Å².